The standard InChI is InChI=1S/C12H22N2O4/c1-4-13(9(2)8-18-3)12(17)14-7-5-6-10(14)11(15)16/h9-10H,4-8H2,1-3H3,(H,15,16)/t9?,10-/m0/s1. The maximum absolute atomic E-state index is 12.3. The van der Waals surface area contributed by atoms with Crippen molar-refractivity contribution in [2.24, 2.45) is 0 Å². The third-order valence-corrected chi connectivity index (χ3v) is 3.31. The molecule has 0 aromatic carbocycles. The Labute approximate surface area is 107 Å². The van der Waals surface area contributed by atoms with Crippen molar-refractivity contribution in [3.05, 3.63) is 0 Å². The van der Waals surface area contributed by atoms with E-state index in [1.807, 2.05) is 13.8 Å². The Balaban J connectivity index is 2.74. The van der Waals surface area contributed by atoms with Crippen LogP contribution in [-0.2, 0) is 9.53 Å². The second-order valence-corrected chi connectivity index (χ2v) is 4.56. The van der Waals surface area contributed by atoms with Crippen molar-refractivity contribution in [2.45, 2.75) is 38.8 Å². The van der Waals surface area contributed by atoms with Crippen molar-refractivity contribution in [3.63, 3.8) is 0 Å². The van der Waals surface area contributed by atoms with Crippen LogP contribution in [0.15, 0.2) is 0 Å². The second-order valence-electron chi connectivity index (χ2n) is 4.56. The van der Waals surface area contributed by atoms with Crippen molar-refractivity contribution in [3.8, 4) is 0 Å². The quantitative estimate of drug-likeness (QED) is 0.799. The Bertz CT molecular complexity index is 308. The van der Waals surface area contributed by atoms with Gasteiger partial charge in [0.05, 0.1) is 12.6 Å². The molecule has 104 valence electrons. The first-order valence-electron chi connectivity index (χ1n) is 6.31. The molecule has 2 atom stereocenters. The zero-order valence-corrected chi connectivity index (χ0v) is 11.3. The van der Waals surface area contributed by atoms with Gasteiger partial charge in [0, 0.05) is 20.2 Å². The van der Waals surface area contributed by atoms with Crippen LogP contribution < -0.4 is 0 Å². The van der Waals surface area contributed by atoms with E-state index in [0.717, 1.165) is 6.42 Å². The minimum Gasteiger partial charge on any atom is -0.480 e. The number of carbonyl (C=O) groups excluding carboxylic acids is 1. The van der Waals surface area contributed by atoms with Crippen LogP contribution >= 0.6 is 0 Å². The second kappa shape index (κ2) is 6.58. The number of urea groups is 1. The van der Waals surface area contributed by atoms with Crippen molar-refractivity contribution >= 4 is 12.0 Å². The third kappa shape index (κ3) is 3.13. The number of amides is 2. The smallest absolute Gasteiger partial charge is 0.326 e. The number of carboxylic acids is 1. The third-order valence-electron chi connectivity index (χ3n) is 3.31. The Kier molecular flexibility index (Phi) is 5.40. The SMILES string of the molecule is CCN(C(=O)N1CCC[C@H]1C(=O)O)C(C)COC. The Morgan fingerprint density at radius 1 is 1.56 bits per heavy atom. The average Bonchev–Trinajstić information content (AvgIpc) is 2.79. The molecule has 6 nitrogen and oxygen atoms in total. The minimum atomic E-state index is -0.920. The van der Waals surface area contributed by atoms with Gasteiger partial charge < -0.3 is 19.6 Å². The number of methoxy groups -OCH3 is 1. The van der Waals surface area contributed by atoms with E-state index in [1.54, 1.807) is 12.0 Å². The highest BCUT2D eigenvalue weighted by molar-refractivity contribution is 5.83. The summed E-state index contributed by atoms with van der Waals surface area (Å²) < 4.78 is 5.04. The van der Waals surface area contributed by atoms with Crippen LogP contribution in [0, 0.1) is 0 Å². The van der Waals surface area contributed by atoms with Crippen LogP contribution in [-0.4, -0.2) is 65.8 Å². The van der Waals surface area contributed by atoms with Gasteiger partial charge in [-0.3, -0.25) is 0 Å². The minimum absolute atomic E-state index is 0.0532. The average molecular weight is 258 g/mol. The van der Waals surface area contributed by atoms with E-state index in [1.165, 1.54) is 4.90 Å². The molecule has 1 rings (SSSR count). The molecular weight excluding hydrogens is 236 g/mol. The fraction of sp³-hybridized carbons (Fsp3) is 0.833. The van der Waals surface area contributed by atoms with E-state index < -0.39 is 12.0 Å². The fourth-order valence-corrected chi connectivity index (χ4v) is 2.38. The number of likely N-dealkylation sites (tertiary alicyclic amines) is 1. The van der Waals surface area contributed by atoms with Crippen molar-refractivity contribution < 1.29 is 19.4 Å². The zero-order valence-electron chi connectivity index (χ0n) is 11.3. The van der Waals surface area contributed by atoms with Crippen molar-refractivity contribution in [2.75, 3.05) is 26.8 Å². The summed E-state index contributed by atoms with van der Waals surface area (Å²) in [7, 11) is 1.59. The van der Waals surface area contributed by atoms with Gasteiger partial charge in [-0.2, -0.15) is 0 Å². The largest absolute Gasteiger partial charge is 0.480 e. The van der Waals surface area contributed by atoms with Crippen molar-refractivity contribution in [1.29, 1.82) is 0 Å². The Hall–Kier alpha value is -1.30. The Morgan fingerprint density at radius 3 is 2.72 bits per heavy atom. The molecule has 1 fully saturated rings. The predicted molar refractivity (Wildman–Crippen MR) is 66.5 cm³/mol. The van der Waals surface area contributed by atoms with E-state index in [-0.39, 0.29) is 12.1 Å². The number of aliphatic carboxylic acids is 1. The van der Waals surface area contributed by atoms with E-state index in [2.05, 4.69) is 0 Å². The molecule has 6 heteroatoms. The van der Waals surface area contributed by atoms with Gasteiger partial charge in [0.25, 0.3) is 0 Å². The molecule has 1 aliphatic heterocycles. The number of carboxylic acid groups (broad SMARTS) is 1. The molecule has 1 aliphatic rings. The van der Waals surface area contributed by atoms with Crippen molar-refractivity contribution in [1.82, 2.24) is 9.80 Å². The first kappa shape index (κ1) is 14.8. The number of likely N-dealkylation sites (N-methyl/N-ethyl adjacent to an activating group) is 1. The number of hydrogen-bond donors (Lipinski definition) is 1. The number of ether oxygens (including phenoxy) is 1. The highest BCUT2D eigenvalue weighted by atomic mass is 16.5. The van der Waals surface area contributed by atoms with Gasteiger partial charge in [-0.15, -0.1) is 0 Å². The van der Waals surface area contributed by atoms with E-state index >= 15 is 0 Å². The molecule has 0 bridgehead atoms. The molecule has 1 N–H and O–H groups in total. The normalized spacial score (nSPS) is 20.8. The molecule has 0 aromatic rings. The van der Waals surface area contributed by atoms with Gasteiger partial charge in [0.15, 0.2) is 0 Å². The fourth-order valence-electron chi connectivity index (χ4n) is 2.38. The summed E-state index contributed by atoms with van der Waals surface area (Å²) in [4.78, 5) is 26.5. The first-order valence-corrected chi connectivity index (χ1v) is 6.31. The molecule has 0 spiro atoms. The maximum atomic E-state index is 12.3. The molecule has 0 aromatic heterocycles. The molecule has 18 heavy (non-hydrogen) atoms. The summed E-state index contributed by atoms with van der Waals surface area (Å²) in [6.45, 7) is 5.30. The van der Waals surface area contributed by atoms with Crippen LogP contribution in [0.4, 0.5) is 4.79 Å². The lowest BCUT2D eigenvalue weighted by Gasteiger charge is -2.33. The molecule has 1 heterocycles. The Morgan fingerprint density at radius 2 is 2.22 bits per heavy atom. The highest BCUT2D eigenvalue weighted by Gasteiger charge is 2.36. The van der Waals surface area contributed by atoms with E-state index in [9.17, 15) is 9.59 Å². The van der Waals surface area contributed by atoms with Crippen LogP contribution in [0.2, 0.25) is 0 Å². The molecule has 0 radical (unpaired) electrons. The van der Waals surface area contributed by atoms with Gasteiger partial charge in [-0.1, -0.05) is 0 Å². The maximum Gasteiger partial charge on any atom is 0.326 e. The summed E-state index contributed by atoms with van der Waals surface area (Å²) in [5, 5.41) is 9.09. The summed E-state index contributed by atoms with van der Waals surface area (Å²) in [6, 6.07) is -0.934. The number of carbonyl (C=O) groups is 2. The summed E-state index contributed by atoms with van der Waals surface area (Å²) in [6.07, 6.45) is 1.29. The lowest BCUT2D eigenvalue weighted by atomic mass is 10.2. The van der Waals surface area contributed by atoms with E-state index in [4.69, 9.17) is 9.84 Å². The molecule has 2 amide bonds. The number of hydrogen-bond acceptors (Lipinski definition) is 3. The lowest BCUT2D eigenvalue weighted by molar-refractivity contribution is -0.141. The highest BCUT2D eigenvalue weighted by Crippen LogP contribution is 2.20. The monoisotopic (exact) mass is 258 g/mol. The van der Waals surface area contributed by atoms with Gasteiger partial charge in [0.1, 0.15) is 6.04 Å². The predicted octanol–water partition coefficient (Wildman–Crippen LogP) is 1.01. The van der Waals surface area contributed by atoms with Gasteiger partial charge in [-0.25, -0.2) is 9.59 Å². The topological polar surface area (TPSA) is 70.1 Å². The summed E-state index contributed by atoms with van der Waals surface area (Å²) >= 11 is 0. The summed E-state index contributed by atoms with van der Waals surface area (Å²) in [5.74, 6) is -0.920. The molecule has 0 aliphatic carbocycles. The van der Waals surface area contributed by atoms with Gasteiger partial charge >= 0.3 is 12.0 Å². The number of nitrogens with zero attached hydrogens (tertiary/aromatic N) is 2. The van der Waals surface area contributed by atoms with Crippen LogP contribution in [0.25, 0.3) is 0 Å². The van der Waals surface area contributed by atoms with Gasteiger partial charge in [0.2, 0.25) is 0 Å². The zero-order chi connectivity index (χ0) is 13.7. The number of rotatable bonds is 5. The van der Waals surface area contributed by atoms with Gasteiger partial charge in [-0.05, 0) is 26.7 Å². The summed E-state index contributed by atoms with van der Waals surface area (Å²) in [5.41, 5.74) is 0. The molecule has 1 saturated heterocycles. The van der Waals surface area contributed by atoms with Crippen LogP contribution in [0.5, 0.6) is 0 Å². The van der Waals surface area contributed by atoms with Crippen LogP contribution in [0.1, 0.15) is 26.7 Å². The van der Waals surface area contributed by atoms with E-state index in [0.29, 0.717) is 26.1 Å². The first-order chi connectivity index (χ1) is 8.52. The lowest BCUT2D eigenvalue weighted by Crippen LogP contribution is -2.51. The molecule has 0 saturated carbocycles. The van der Waals surface area contributed by atoms with Crippen LogP contribution in [0.3, 0.4) is 0 Å². The molecule has 1 unspecified atom stereocenters. The molecular formula is C12H22N2O4.